The molecule has 0 bridgehead atoms. The first-order valence-corrected chi connectivity index (χ1v) is 6.70. The van der Waals surface area contributed by atoms with E-state index in [0.29, 0.717) is 15.6 Å². The molecular weight excluding hydrogens is 273 g/mol. The summed E-state index contributed by atoms with van der Waals surface area (Å²) < 4.78 is 5.53. The van der Waals surface area contributed by atoms with Crippen LogP contribution < -0.4 is 5.32 Å². The molecule has 1 aliphatic rings. The molecule has 0 unspecified atom stereocenters. The highest BCUT2D eigenvalue weighted by Gasteiger charge is 2.24. The van der Waals surface area contributed by atoms with E-state index in [1.165, 1.54) is 0 Å². The molecule has 18 heavy (non-hydrogen) atoms. The zero-order valence-corrected chi connectivity index (χ0v) is 11.6. The van der Waals surface area contributed by atoms with Crippen molar-refractivity contribution in [2.24, 2.45) is 0 Å². The van der Waals surface area contributed by atoms with Crippen LogP contribution in [0.3, 0.4) is 0 Å². The highest BCUT2D eigenvalue weighted by Crippen LogP contribution is 2.20. The Balaban J connectivity index is 2.02. The lowest BCUT2D eigenvalue weighted by Gasteiger charge is -2.20. The molecule has 0 aliphatic carbocycles. The van der Waals surface area contributed by atoms with Gasteiger partial charge in [-0.2, -0.15) is 0 Å². The minimum Gasteiger partial charge on any atom is -0.376 e. The van der Waals surface area contributed by atoms with Gasteiger partial charge in [0.25, 0.3) is 5.91 Å². The average molecular weight is 288 g/mol. The Hall–Kier alpha value is -0.770. The van der Waals surface area contributed by atoms with Gasteiger partial charge in [0.05, 0.1) is 12.1 Å². The van der Waals surface area contributed by atoms with Crippen LogP contribution in [0.25, 0.3) is 0 Å². The highest BCUT2D eigenvalue weighted by molar-refractivity contribution is 6.35. The second-order valence-corrected chi connectivity index (χ2v) is 5.34. The molecule has 1 heterocycles. The van der Waals surface area contributed by atoms with E-state index in [0.717, 1.165) is 19.4 Å². The Morgan fingerprint density at radius 3 is 2.61 bits per heavy atom. The number of carbonyl (C=O) groups excluding carboxylic acids is 1. The summed E-state index contributed by atoms with van der Waals surface area (Å²) in [5, 5.41) is 3.82. The van der Waals surface area contributed by atoms with Crippen LogP contribution in [-0.4, -0.2) is 24.7 Å². The van der Waals surface area contributed by atoms with Crippen LogP contribution in [0, 0.1) is 0 Å². The third-order valence-corrected chi connectivity index (χ3v) is 3.44. The SMILES string of the molecule is C[C@@H](NC(=O)c1cc(Cl)cc(Cl)c1)[C@@H]1CCCO1. The van der Waals surface area contributed by atoms with Crippen LogP contribution in [0.1, 0.15) is 30.1 Å². The molecule has 98 valence electrons. The molecule has 1 amide bonds. The zero-order valence-electron chi connectivity index (χ0n) is 10.1. The third kappa shape index (κ3) is 3.37. The molecule has 1 saturated heterocycles. The molecule has 1 fully saturated rings. The Labute approximate surface area is 116 Å². The van der Waals surface area contributed by atoms with Gasteiger partial charge in [-0.3, -0.25) is 4.79 Å². The highest BCUT2D eigenvalue weighted by atomic mass is 35.5. The maximum Gasteiger partial charge on any atom is 0.251 e. The first-order valence-electron chi connectivity index (χ1n) is 5.95. The lowest BCUT2D eigenvalue weighted by molar-refractivity contribution is 0.0712. The summed E-state index contributed by atoms with van der Waals surface area (Å²) in [5.74, 6) is -0.178. The fraction of sp³-hybridized carbons (Fsp3) is 0.462. The minimum absolute atomic E-state index is 0.0160. The molecule has 1 aromatic rings. The maximum atomic E-state index is 12.0. The van der Waals surface area contributed by atoms with Gasteiger partial charge in [0.15, 0.2) is 0 Å². The summed E-state index contributed by atoms with van der Waals surface area (Å²) in [7, 11) is 0. The van der Waals surface area contributed by atoms with Gasteiger partial charge >= 0.3 is 0 Å². The Morgan fingerprint density at radius 2 is 2.06 bits per heavy atom. The molecule has 0 radical (unpaired) electrons. The van der Waals surface area contributed by atoms with Crippen molar-refractivity contribution in [3.05, 3.63) is 33.8 Å². The molecule has 1 aliphatic heterocycles. The zero-order chi connectivity index (χ0) is 13.1. The van der Waals surface area contributed by atoms with Crippen LogP contribution in [0.4, 0.5) is 0 Å². The van der Waals surface area contributed by atoms with Crippen molar-refractivity contribution in [3.63, 3.8) is 0 Å². The number of benzene rings is 1. The van der Waals surface area contributed by atoms with Gasteiger partial charge in [-0.25, -0.2) is 0 Å². The molecule has 1 N–H and O–H groups in total. The number of nitrogens with one attached hydrogen (secondary N) is 1. The van der Waals surface area contributed by atoms with E-state index in [1.54, 1.807) is 18.2 Å². The van der Waals surface area contributed by atoms with E-state index in [4.69, 9.17) is 27.9 Å². The van der Waals surface area contributed by atoms with Crippen molar-refractivity contribution < 1.29 is 9.53 Å². The van der Waals surface area contributed by atoms with Crippen LogP contribution in [0.2, 0.25) is 10.0 Å². The van der Waals surface area contributed by atoms with Gasteiger partial charge in [-0.1, -0.05) is 23.2 Å². The van der Waals surface area contributed by atoms with Gasteiger partial charge in [0.1, 0.15) is 0 Å². The number of ether oxygens (including phenoxy) is 1. The summed E-state index contributed by atoms with van der Waals surface area (Å²) in [4.78, 5) is 12.0. The van der Waals surface area contributed by atoms with Crippen molar-refractivity contribution in [2.45, 2.75) is 31.9 Å². The van der Waals surface area contributed by atoms with Crippen molar-refractivity contribution in [2.75, 3.05) is 6.61 Å². The summed E-state index contributed by atoms with van der Waals surface area (Å²) >= 11 is 11.7. The van der Waals surface area contributed by atoms with Crippen molar-refractivity contribution in [1.29, 1.82) is 0 Å². The van der Waals surface area contributed by atoms with Gasteiger partial charge < -0.3 is 10.1 Å². The standard InChI is InChI=1S/C13H15Cl2NO2/c1-8(12-3-2-4-18-12)16-13(17)9-5-10(14)7-11(15)6-9/h5-8,12H,2-4H2,1H3,(H,16,17)/t8-,12+/m1/s1. The largest absolute Gasteiger partial charge is 0.376 e. The number of amides is 1. The fourth-order valence-electron chi connectivity index (χ4n) is 2.06. The summed E-state index contributed by atoms with van der Waals surface area (Å²) in [6.45, 7) is 2.72. The molecule has 1 aromatic carbocycles. The topological polar surface area (TPSA) is 38.3 Å². The number of hydrogen-bond donors (Lipinski definition) is 1. The van der Waals surface area contributed by atoms with E-state index in [9.17, 15) is 4.79 Å². The maximum absolute atomic E-state index is 12.0. The van der Waals surface area contributed by atoms with E-state index < -0.39 is 0 Å². The lowest BCUT2D eigenvalue weighted by Crippen LogP contribution is -2.40. The van der Waals surface area contributed by atoms with Crippen LogP contribution in [0.5, 0.6) is 0 Å². The van der Waals surface area contributed by atoms with Gasteiger partial charge in [0, 0.05) is 22.2 Å². The molecule has 3 nitrogen and oxygen atoms in total. The van der Waals surface area contributed by atoms with Crippen molar-refractivity contribution >= 4 is 29.1 Å². The molecular formula is C13H15Cl2NO2. The number of rotatable bonds is 3. The second-order valence-electron chi connectivity index (χ2n) is 4.47. The second kappa shape index (κ2) is 5.91. The summed E-state index contributed by atoms with van der Waals surface area (Å²) in [6, 6.07) is 4.79. The summed E-state index contributed by atoms with van der Waals surface area (Å²) in [5.41, 5.74) is 0.470. The fourth-order valence-corrected chi connectivity index (χ4v) is 2.59. The molecule has 0 saturated carbocycles. The predicted octanol–water partition coefficient (Wildman–Crippen LogP) is 3.29. The van der Waals surface area contributed by atoms with Gasteiger partial charge in [-0.05, 0) is 38.0 Å². The van der Waals surface area contributed by atoms with Gasteiger partial charge in [0.2, 0.25) is 0 Å². The van der Waals surface area contributed by atoms with E-state index in [-0.39, 0.29) is 18.1 Å². The number of halogens is 2. The van der Waals surface area contributed by atoms with E-state index in [1.807, 2.05) is 6.92 Å². The van der Waals surface area contributed by atoms with Crippen LogP contribution in [-0.2, 0) is 4.74 Å². The quantitative estimate of drug-likeness (QED) is 0.926. The average Bonchev–Trinajstić information content (AvgIpc) is 2.80. The molecule has 0 aromatic heterocycles. The molecule has 0 spiro atoms. The summed E-state index contributed by atoms with van der Waals surface area (Å²) in [6.07, 6.45) is 2.13. The van der Waals surface area contributed by atoms with Crippen molar-refractivity contribution in [1.82, 2.24) is 5.32 Å². The van der Waals surface area contributed by atoms with E-state index in [2.05, 4.69) is 5.32 Å². The molecule has 2 rings (SSSR count). The Bertz CT molecular complexity index is 424. The third-order valence-electron chi connectivity index (χ3n) is 3.01. The lowest BCUT2D eigenvalue weighted by atomic mass is 10.1. The smallest absolute Gasteiger partial charge is 0.251 e. The molecule has 5 heteroatoms. The van der Waals surface area contributed by atoms with Crippen molar-refractivity contribution in [3.8, 4) is 0 Å². The van der Waals surface area contributed by atoms with Crippen LogP contribution >= 0.6 is 23.2 Å². The van der Waals surface area contributed by atoms with E-state index >= 15 is 0 Å². The normalized spacial score (nSPS) is 20.7. The van der Waals surface area contributed by atoms with Crippen LogP contribution in [0.15, 0.2) is 18.2 Å². The first-order chi connectivity index (χ1) is 8.56. The Morgan fingerprint density at radius 1 is 1.39 bits per heavy atom. The predicted molar refractivity (Wildman–Crippen MR) is 72.4 cm³/mol. The monoisotopic (exact) mass is 287 g/mol. The molecule has 2 atom stereocenters. The van der Waals surface area contributed by atoms with Gasteiger partial charge in [-0.15, -0.1) is 0 Å². The number of hydrogen-bond acceptors (Lipinski definition) is 2. The minimum atomic E-state index is -0.178. The first kappa shape index (κ1) is 13.7. The number of carbonyl (C=O) groups is 1. The Kier molecular flexibility index (Phi) is 4.49.